The number of carbonyl (C=O) groups excluding carboxylic acids is 3. The zero-order valence-corrected chi connectivity index (χ0v) is 39.1. The maximum absolute atomic E-state index is 12.7. The summed E-state index contributed by atoms with van der Waals surface area (Å²) in [5.74, 6) is -1.19. The largest absolute Gasteiger partial charge is 0.756 e. The molecule has 0 spiro atoms. The Bertz CT molecular complexity index is 1210. The fourth-order valence-electron chi connectivity index (χ4n) is 6.14. The molecule has 0 aliphatic rings. The molecule has 0 rings (SSSR count). The Balaban J connectivity index is 4.50. The number of esters is 2. The van der Waals surface area contributed by atoms with Gasteiger partial charge < -0.3 is 27.9 Å². The second kappa shape index (κ2) is 39.8. The van der Waals surface area contributed by atoms with E-state index in [4.69, 9.17) is 18.5 Å². The van der Waals surface area contributed by atoms with E-state index in [1.807, 2.05) is 33.3 Å². The van der Waals surface area contributed by atoms with Gasteiger partial charge in [0.1, 0.15) is 19.8 Å². The molecule has 0 aliphatic carbocycles. The maximum atomic E-state index is 12.7. The summed E-state index contributed by atoms with van der Waals surface area (Å²) in [5.41, 5.74) is 0. The lowest BCUT2D eigenvalue weighted by molar-refractivity contribution is -0.870. The van der Waals surface area contributed by atoms with Crippen molar-refractivity contribution < 1.29 is 46.8 Å². The summed E-state index contributed by atoms with van der Waals surface area (Å²) >= 11 is 0. The molecule has 0 fully saturated rings. The minimum Gasteiger partial charge on any atom is -0.756 e. The van der Waals surface area contributed by atoms with Gasteiger partial charge in [0, 0.05) is 19.3 Å². The summed E-state index contributed by atoms with van der Waals surface area (Å²) in [6.45, 7) is 3.93. The first-order valence-electron chi connectivity index (χ1n) is 23.3. The molecule has 0 amide bonds. The summed E-state index contributed by atoms with van der Waals surface area (Å²) in [7, 11) is 1.04. The van der Waals surface area contributed by atoms with Crippen molar-refractivity contribution in [1.82, 2.24) is 0 Å². The maximum Gasteiger partial charge on any atom is 0.306 e. The van der Waals surface area contributed by atoms with Gasteiger partial charge in [-0.1, -0.05) is 172 Å². The van der Waals surface area contributed by atoms with Crippen LogP contribution in [-0.4, -0.2) is 75.8 Å². The summed E-state index contributed by atoms with van der Waals surface area (Å²) < 4.78 is 33.7. The Labute approximate surface area is 360 Å². The third-order valence-corrected chi connectivity index (χ3v) is 10.8. The molecule has 10 nitrogen and oxygen atoms in total. The van der Waals surface area contributed by atoms with E-state index in [-0.39, 0.29) is 44.7 Å². The third kappa shape index (κ3) is 43.5. The van der Waals surface area contributed by atoms with Gasteiger partial charge in [-0.3, -0.25) is 18.9 Å². The molecule has 0 aromatic rings. The van der Waals surface area contributed by atoms with Crippen LogP contribution in [-0.2, 0) is 37.5 Å². The average Bonchev–Trinajstić information content (AvgIpc) is 3.18. The lowest BCUT2D eigenvalue weighted by atomic mass is 10.0. The third-order valence-electron chi connectivity index (χ3n) is 9.83. The predicted molar refractivity (Wildman–Crippen MR) is 241 cm³/mol. The first-order chi connectivity index (χ1) is 28.4. The van der Waals surface area contributed by atoms with Gasteiger partial charge in [-0.05, 0) is 44.6 Å². The quantitative estimate of drug-likeness (QED) is 0.0112. The smallest absolute Gasteiger partial charge is 0.306 e. The van der Waals surface area contributed by atoms with E-state index in [0.29, 0.717) is 17.4 Å². The fourth-order valence-corrected chi connectivity index (χ4v) is 6.87. The van der Waals surface area contributed by atoms with E-state index >= 15 is 0 Å². The highest BCUT2D eigenvalue weighted by Crippen LogP contribution is 2.38. The SMILES string of the molecule is CCCCC/C=C\C/C=C\C/C=C\C=C\C(=O)CCCC(=O)OC[C@H](COP(=O)([O-])OCC[N+](C)(C)C)OC(=O)CCCCCCCCCCCCCCCCCCC. The molecule has 1 unspecified atom stereocenters. The molecule has 11 heteroatoms. The van der Waals surface area contributed by atoms with Crippen LogP contribution in [0.25, 0.3) is 0 Å². The molecule has 0 aliphatic heterocycles. The van der Waals surface area contributed by atoms with Gasteiger partial charge in [0.25, 0.3) is 7.82 Å². The summed E-state index contributed by atoms with van der Waals surface area (Å²) in [6, 6.07) is 0. The molecule has 0 aromatic heterocycles. The van der Waals surface area contributed by atoms with Gasteiger partial charge in [0.15, 0.2) is 11.9 Å². The Hall–Kier alpha value is -2.36. The number of phosphoric ester groups is 1. The van der Waals surface area contributed by atoms with Crippen LogP contribution in [0.2, 0.25) is 0 Å². The molecular weight excluding hydrogens is 765 g/mol. The number of nitrogens with zero attached hydrogens (tertiary/aromatic N) is 1. The van der Waals surface area contributed by atoms with Crippen molar-refractivity contribution in [2.24, 2.45) is 0 Å². The monoisotopic (exact) mass is 852 g/mol. The summed E-state index contributed by atoms with van der Waals surface area (Å²) in [4.78, 5) is 49.8. The number of hydrogen-bond acceptors (Lipinski definition) is 9. The summed E-state index contributed by atoms with van der Waals surface area (Å²) in [6.07, 6.45) is 42.8. The molecule has 0 radical (unpaired) electrons. The van der Waals surface area contributed by atoms with Gasteiger partial charge >= 0.3 is 11.9 Å². The first kappa shape index (κ1) is 56.6. The van der Waals surface area contributed by atoms with Crippen molar-refractivity contribution in [2.75, 3.05) is 47.5 Å². The number of ketones is 1. The number of quaternary nitrogens is 1. The molecular formula is C48H86NO9P. The molecule has 0 N–H and O–H groups in total. The topological polar surface area (TPSA) is 128 Å². The normalized spacial score (nSPS) is 13.9. The van der Waals surface area contributed by atoms with E-state index in [1.165, 1.54) is 109 Å². The lowest BCUT2D eigenvalue weighted by Gasteiger charge is -2.28. The second-order valence-corrected chi connectivity index (χ2v) is 18.2. The molecule has 2 atom stereocenters. The predicted octanol–water partition coefficient (Wildman–Crippen LogP) is 12.0. The van der Waals surface area contributed by atoms with Crippen molar-refractivity contribution >= 4 is 25.5 Å². The number of rotatable bonds is 42. The zero-order chi connectivity index (χ0) is 43.7. The second-order valence-electron chi connectivity index (χ2n) is 16.8. The highest BCUT2D eigenvalue weighted by atomic mass is 31.2. The number of phosphoric acid groups is 1. The average molecular weight is 852 g/mol. The molecule has 0 saturated heterocycles. The van der Waals surface area contributed by atoms with Gasteiger partial charge in [0.05, 0.1) is 27.7 Å². The first-order valence-corrected chi connectivity index (χ1v) is 24.8. The standard InChI is InChI=1S/C48H86NO9P/c1-6-8-10-12-14-16-18-20-21-22-23-25-27-29-31-33-35-39-48(52)58-46(44-57-59(53,54)56-42-41-49(3,4)5)43-55-47(51)40-36-38-45(50)37-34-32-30-28-26-24-19-17-15-13-11-9-7-2/h15,17,24,26,30,32,34,37,46H,6-14,16,18-23,25,27-29,31,33,35-36,38-44H2,1-5H3/b17-15-,26-24-,32-30-,37-34+/t46-/m1/s1. The molecule has 0 heterocycles. The fraction of sp³-hybridized carbons (Fsp3) is 0.771. The molecule has 0 aromatic carbocycles. The highest BCUT2D eigenvalue weighted by molar-refractivity contribution is 7.45. The van der Waals surface area contributed by atoms with Gasteiger partial charge in [0.2, 0.25) is 0 Å². The van der Waals surface area contributed by atoms with Crippen molar-refractivity contribution in [1.29, 1.82) is 0 Å². The minimum atomic E-state index is -4.68. The van der Waals surface area contributed by atoms with Crippen LogP contribution in [0.5, 0.6) is 0 Å². The van der Waals surface area contributed by atoms with Crippen LogP contribution >= 0.6 is 7.82 Å². The van der Waals surface area contributed by atoms with E-state index < -0.39 is 32.5 Å². The number of allylic oxidation sites excluding steroid dienone is 8. The Kier molecular flexibility index (Phi) is 38.2. The van der Waals surface area contributed by atoms with E-state index in [9.17, 15) is 23.8 Å². The van der Waals surface area contributed by atoms with Gasteiger partial charge in [-0.15, -0.1) is 0 Å². The van der Waals surface area contributed by atoms with Gasteiger partial charge in [-0.25, -0.2) is 0 Å². The van der Waals surface area contributed by atoms with Crippen LogP contribution in [0, 0.1) is 0 Å². The zero-order valence-electron chi connectivity index (χ0n) is 38.2. The van der Waals surface area contributed by atoms with Crippen molar-refractivity contribution in [2.45, 2.75) is 193 Å². The molecule has 0 bridgehead atoms. The molecule has 342 valence electrons. The van der Waals surface area contributed by atoms with Crippen LogP contribution in [0.15, 0.2) is 48.6 Å². The van der Waals surface area contributed by atoms with Crippen molar-refractivity contribution in [3.05, 3.63) is 48.6 Å². The Morgan fingerprint density at radius 2 is 1.08 bits per heavy atom. The van der Waals surface area contributed by atoms with Gasteiger partial charge in [-0.2, -0.15) is 0 Å². The highest BCUT2D eigenvalue weighted by Gasteiger charge is 2.22. The van der Waals surface area contributed by atoms with Crippen LogP contribution in [0.1, 0.15) is 187 Å². The van der Waals surface area contributed by atoms with Crippen molar-refractivity contribution in [3.8, 4) is 0 Å². The number of hydrogen-bond donors (Lipinski definition) is 0. The number of ether oxygens (including phenoxy) is 2. The van der Waals surface area contributed by atoms with Crippen molar-refractivity contribution in [3.63, 3.8) is 0 Å². The molecule has 0 saturated carbocycles. The number of carbonyl (C=O) groups is 3. The van der Waals surface area contributed by atoms with Crippen LogP contribution in [0.4, 0.5) is 0 Å². The van der Waals surface area contributed by atoms with Crippen LogP contribution < -0.4 is 4.89 Å². The summed E-state index contributed by atoms with van der Waals surface area (Å²) in [5, 5.41) is 0. The number of likely N-dealkylation sites (N-methyl/N-ethyl adjacent to an activating group) is 1. The van der Waals surface area contributed by atoms with Crippen LogP contribution in [0.3, 0.4) is 0 Å². The van der Waals surface area contributed by atoms with E-state index in [2.05, 4.69) is 38.2 Å². The molecule has 59 heavy (non-hydrogen) atoms. The lowest BCUT2D eigenvalue weighted by Crippen LogP contribution is -2.37. The van der Waals surface area contributed by atoms with E-state index in [1.54, 1.807) is 6.08 Å². The minimum absolute atomic E-state index is 0.0117. The Morgan fingerprint density at radius 1 is 0.576 bits per heavy atom. The Morgan fingerprint density at radius 3 is 1.66 bits per heavy atom. The number of unbranched alkanes of at least 4 members (excludes halogenated alkanes) is 19. The van der Waals surface area contributed by atoms with E-state index in [0.717, 1.165) is 38.5 Å².